The van der Waals surface area contributed by atoms with Gasteiger partial charge in [0.1, 0.15) is 15.6 Å². The topological polar surface area (TPSA) is 42.4 Å². The lowest BCUT2D eigenvalue weighted by atomic mass is 10.0. The summed E-state index contributed by atoms with van der Waals surface area (Å²) in [5.41, 5.74) is 1.15. The number of ether oxygens (including phenoxy) is 1. The van der Waals surface area contributed by atoms with Crippen molar-refractivity contribution < 1.29 is 9.53 Å². The average Bonchev–Trinajstić information content (AvgIpc) is 3.20. The minimum Gasteiger partial charge on any atom is -0.501 e. The number of amides is 1. The summed E-state index contributed by atoms with van der Waals surface area (Å²) >= 11 is 13.4. The number of aromatic nitrogens is 1. The van der Waals surface area contributed by atoms with Crippen LogP contribution < -0.4 is 0 Å². The minimum atomic E-state index is -0.516. The molecule has 1 aromatic carbocycles. The van der Waals surface area contributed by atoms with E-state index in [-0.39, 0.29) is 17.9 Å². The van der Waals surface area contributed by atoms with E-state index in [1.807, 2.05) is 30.5 Å². The first-order chi connectivity index (χ1) is 12.9. The SMILES string of the molecule is CO/C(=C/C(=O)N(C)[C@@H](Cc1ccccc1)c1nccs1)C[C@H](C)C(Cl)Cl. The predicted octanol–water partition coefficient (Wildman–Crippen LogP) is 5.25. The molecule has 0 saturated heterocycles. The zero-order valence-electron chi connectivity index (χ0n) is 15.6. The quantitative estimate of drug-likeness (QED) is 0.312. The van der Waals surface area contributed by atoms with E-state index in [1.54, 1.807) is 36.6 Å². The number of rotatable bonds is 9. The van der Waals surface area contributed by atoms with Crippen molar-refractivity contribution in [3.8, 4) is 0 Å². The molecule has 0 aliphatic rings. The fourth-order valence-corrected chi connectivity index (χ4v) is 3.59. The van der Waals surface area contributed by atoms with Crippen LogP contribution in [-0.4, -0.2) is 34.8 Å². The molecule has 0 unspecified atom stereocenters. The molecule has 1 heterocycles. The number of nitrogens with zero attached hydrogens (tertiary/aromatic N) is 2. The van der Waals surface area contributed by atoms with E-state index >= 15 is 0 Å². The van der Waals surface area contributed by atoms with Crippen LogP contribution in [0.4, 0.5) is 0 Å². The Morgan fingerprint density at radius 3 is 2.59 bits per heavy atom. The van der Waals surface area contributed by atoms with Gasteiger partial charge >= 0.3 is 0 Å². The summed E-state index contributed by atoms with van der Waals surface area (Å²) in [6.07, 6.45) is 4.46. The average molecular weight is 427 g/mol. The van der Waals surface area contributed by atoms with Gasteiger partial charge in [0.25, 0.3) is 0 Å². The van der Waals surface area contributed by atoms with Crippen LogP contribution in [0, 0.1) is 5.92 Å². The van der Waals surface area contributed by atoms with Crippen molar-refractivity contribution >= 4 is 40.4 Å². The third kappa shape index (κ3) is 6.52. The summed E-state index contributed by atoms with van der Waals surface area (Å²) in [6.45, 7) is 1.92. The number of likely N-dealkylation sites (N-methyl/N-ethyl adjacent to an activating group) is 1. The van der Waals surface area contributed by atoms with Crippen molar-refractivity contribution in [3.63, 3.8) is 0 Å². The Kier molecular flexibility index (Phi) is 8.61. The van der Waals surface area contributed by atoms with Crippen LogP contribution in [-0.2, 0) is 16.0 Å². The molecule has 2 rings (SSSR count). The van der Waals surface area contributed by atoms with E-state index in [0.29, 0.717) is 18.6 Å². The van der Waals surface area contributed by atoms with Gasteiger partial charge in [0.05, 0.1) is 13.2 Å². The lowest BCUT2D eigenvalue weighted by Gasteiger charge is -2.26. The number of hydrogen-bond acceptors (Lipinski definition) is 4. The molecule has 0 radical (unpaired) electrons. The maximum Gasteiger partial charge on any atom is 0.250 e. The largest absolute Gasteiger partial charge is 0.501 e. The van der Waals surface area contributed by atoms with Gasteiger partial charge in [-0.3, -0.25) is 4.79 Å². The van der Waals surface area contributed by atoms with Crippen LogP contribution >= 0.6 is 34.5 Å². The van der Waals surface area contributed by atoms with E-state index in [9.17, 15) is 4.79 Å². The van der Waals surface area contributed by atoms with Crippen LogP contribution in [0.1, 0.15) is 30.0 Å². The van der Waals surface area contributed by atoms with Crippen molar-refractivity contribution in [3.05, 3.63) is 64.3 Å². The van der Waals surface area contributed by atoms with Crippen molar-refractivity contribution in [1.29, 1.82) is 0 Å². The fourth-order valence-electron chi connectivity index (χ4n) is 2.63. The van der Waals surface area contributed by atoms with Crippen molar-refractivity contribution in [2.75, 3.05) is 14.2 Å². The molecule has 1 amide bonds. The highest BCUT2D eigenvalue weighted by Gasteiger charge is 2.24. The Hall–Kier alpha value is -1.56. The second kappa shape index (κ2) is 10.7. The fraction of sp³-hybridized carbons (Fsp3) is 0.400. The molecule has 0 aliphatic heterocycles. The molecule has 146 valence electrons. The van der Waals surface area contributed by atoms with E-state index in [0.717, 1.165) is 10.6 Å². The zero-order valence-corrected chi connectivity index (χ0v) is 18.0. The summed E-state index contributed by atoms with van der Waals surface area (Å²) in [7, 11) is 3.34. The van der Waals surface area contributed by atoms with E-state index in [4.69, 9.17) is 27.9 Å². The molecule has 4 nitrogen and oxygen atoms in total. The number of carbonyl (C=O) groups excluding carboxylic acids is 1. The number of halogens is 2. The normalized spacial score (nSPS) is 14.1. The molecule has 0 saturated carbocycles. The summed E-state index contributed by atoms with van der Waals surface area (Å²) < 4.78 is 5.36. The van der Waals surface area contributed by atoms with Crippen molar-refractivity contribution in [2.45, 2.75) is 30.6 Å². The van der Waals surface area contributed by atoms with Gasteiger partial charge in [-0.25, -0.2) is 4.98 Å². The van der Waals surface area contributed by atoms with Gasteiger partial charge in [0, 0.05) is 31.1 Å². The highest BCUT2D eigenvalue weighted by Crippen LogP contribution is 2.27. The smallest absolute Gasteiger partial charge is 0.250 e. The van der Waals surface area contributed by atoms with E-state index in [1.165, 1.54) is 6.08 Å². The molecule has 1 aromatic heterocycles. The van der Waals surface area contributed by atoms with Crippen LogP contribution in [0.2, 0.25) is 0 Å². The standard InChI is InChI=1S/C20H24Cl2N2O2S/c1-14(19(21)22)11-16(26-3)13-18(25)24(2)17(20-23-9-10-27-20)12-15-7-5-4-6-8-15/h4-10,13-14,17,19H,11-12H2,1-3H3/b16-13+/t14-,17-/m0/s1. The number of allylic oxidation sites excluding steroid dienone is 1. The minimum absolute atomic E-state index is 0.0169. The monoisotopic (exact) mass is 426 g/mol. The highest BCUT2D eigenvalue weighted by atomic mass is 35.5. The molecule has 0 N–H and O–H groups in total. The van der Waals surface area contributed by atoms with E-state index < -0.39 is 4.84 Å². The Balaban J connectivity index is 2.19. The van der Waals surface area contributed by atoms with Crippen LogP contribution in [0.15, 0.2) is 53.7 Å². The first-order valence-electron chi connectivity index (χ1n) is 8.65. The summed E-state index contributed by atoms with van der Waals surface area (Å²) in [4.78, 5) is 18.5. The second-order valence-electron chi connectivity index (χ2n) is 6.36. The number of hydrogen-bond donors (Lipinski definition) is 0. The molecule has 0 bridgehead atoms. The molecule has 0 aliphatic carbocycles. The lowest BCUT2D eigenvalue weighted by Crippen LogP contribution is -2.31. The van der Waals surface area contributed by atoms with Crippen molar-refractivity contribution in [2.24, 2.45) is 5.92 Å². The molecule has 0 spiro atoms. The number of carbonyl (C=O) groups is 1. The maximum atomic E-state index is 12.9. The number of methoxy groups -OCH3 is 1. The molecular formula is C20H24Cl2N2O2S. The third-order valence-corrected chi connectivity index (χ3v) is 6.06. The highest BCUT2D eigenvalue weighted by molar-refractivity contribution is 7.09. The lowest BCUT2D eigenvalue weighted by molar-refractivity contribution is -0.127. The third-order valence-electron chi connectivity index (χ3n) is 4.32. The first kappa shape index (κ1) is 21.7. The van der Waals surface area contributed by atoms with Gasteiger partial charge < -0.3 is 9.64 Å². The van der Waals surface area contributed by atoms with Gasteiger partial charge in [-0.15, -0.1) is 34.5 Å². The summed E-state index contributed by atoms with van der Waals surface area (Å²) in [6, 6.07) is 9.92. The predicted molar refractivity (Wildman–Crippen MR) is 112 cm³/mol. The Labute approximate surface area is 174 Å². The van der Waals surface area contributed by atoms with Crippen LogP contribution in [0.3, 0.4) is 0 Å². The maximum absolute atomic E-state index is 12.9. The van der Waals surface area contributed by atoms with E-state index in [2.05, 4.69) is 17.1 Å². The molecule has 7 heteroatoms. The zero-order chi connectivity index (χ0) is 19.8. The Bertz CT molecular complexity index is 736. The molecular weight excluding hydrogens is 403 g/mol. The van der Waals surface area contributed by atoms with Gasteiger partial charge in [-0.2, -0.15) is 0 Å². The molecule has 27 heavy (non-hydrogen) atoms. The van der Waals surface area contributed by atoms with Gasteiger partial charge in [0.15, 0.2) is 0 Å². The Morgan fingerprint density at radius 2 is 2.04 bits per heavy atom. The van der Waals surface area contributed by atoms with Gasteiger partial charge in [0.2, 0.25) is 5.91 Å². The molecule has 2 aromatic rings. The number of thiazole rings is 1. The molecule has 0 fully saturated rings. The Morgan fingerprint density at radius 1 is 1.33 bits per heavy atom. The van der Waals surface area contributed by atoms with Crippen LogP contribution in [0.25, 0.3) is 0 Å². The van der Waals surface area contributed by atoms with Gasteiger partial charge in [-0.1, -0.05) is 37.3 Å². The summed E-state index contributed by atoms with van der Waals surface area (Å²) in [5.74, 6) is 0.399. The second-order valence-corrected chi connectivity index (χ2v) is 8.45. The number of alkyl halides is 2. The van der Waals surface area contributed by atoms with Crippen molar-refractivity contribution in [1.82, 2.24) is 9.88 Å². The molecule has 2 atom stereocenters. The van der Waals surface area contributed by atoms with Gasteiger partial charge in [-0.05, 0) is 17.9 Å². The summed E-state index contributed by atoms with van der Waals surface area (Å²) in [5, 5.41) is 2.82. The number of benzene rings is 1. The first-order valence-corrected chi connectivity index (χ1v) is 10.4. The van der Waals surface area contributed by atoms with Crippen LogP contribution in [0.5, 0.6) is 0 Å².